The van der Waals surface area contributed by atoms with Crippen LogP contribution in [0.2, 0.25) is 0 Å². The van der Waals surface area contributed by atoms with Gasteiger partial charge < -0.3 is 10.6 Å². The van der Waals surface area contributed by atoms with Crippen LogP contribution in [0, 0.1) is 5.92 Å². The first kappa shape index (κ1) is 12.6. The maximum absolute atomic E-state index is 12.4. The molecule has 2 fully saturated rings. The maximum atomic E-state index is 12.4. The normalized spacial score (nSPS) is 24.5. The van der Waals surface area contributed by atoms with E-state index >= 15 is 0 Å². The minimum Gasteiger partial charge on any atom is -0.336 e. The van der Waals surface area contributed by atoms with Crippen molar-refractivity contribution in [2.24, 2.45) is 11.7 Å². The van der Waals surface area contributed by atoms with Gasteiger partial charge in [-0.25, -0.2) is 0 Å². The largest absolute Gasteiger partial charge is 0.336 e. The lowest BCUT2D eigenvalue weighted by Crippen LogP contribution is -2.36. The third-order valence-electron chi connectivity index (χ3n) is 4.30. The highest BCUT2D eigenvalue weighted by Crippen LogP contribution is 2.35. The Morgan fingerprint density at radius 2 is 2.11 bits per heavy atom. The van der Waals surface area contributed by atoms with Gasteiger partial charge in [0.2, 0.25) is 5.91 Å². The van der Waals surface area contributed by atoms with Crippen LogP contribution in [0.25, 0.3) is 0 Å². The number of nitrogens with zero attached hydrogens (tertiary/aromatic N) is 2. The number of likely N-dealkylation sites (tertiary alicyclic amines) is 1. The quantitative estimate of drug-likeness (QED) is 0.898. The number of aromatic nitrogens is 1. The predicted molar refractivity (Wildman–Crippen MR) is 73.2 cm³/mol. The van der Waals surface area contributed by atoms with E-state index in [0.29, 0.717) is 12.3 Å². The molecule has 0 spiro atoms. The Morgan fingerprint density at radius 1 is 1.37 bits per heavy atom. The molecule has 102 valence electrons. The van der Waals surface area contributed by atoms with Gasteiger partial charge >= 0.3 is 0 Å². The summed E-state index contributed by atoms with van der Waals surface area (Å²) in [5.74, 6) is 0.810. The predicted octanol–water partition coefficient (Wildman–Crippen LogP) is 1.87. The zero-order valence-corrected chi connectivity index (χ0v) is 11.2. The van der Waals surface area contributed by atoms with E-state index in [1.165, 1.54) is 18.4 Å². The lowest BCUT2D eigenvalue weighted by atomic mass is 10.0. The first-order valence-corrected chi connectivity index (χ1v) is 7.20. The van der Waals surface area contributed by atoms with Crippen LogP contribution < -0.4 is 5.73 Å². The molecule has 2 heterocycles. The molecule has 1 aromatic heterocycles. The first-order chi connectivity index (χ1) is 9.25. The Kier molecular flexibility index (Phi) is 3.51. The Labute approximate surface area is 114 Å². The summed E-state index contributed by atoms with van der Waals surface area (Å²) in [6, 6.07) is 4.31. The highest BCUT2D eigenvalue weighted by molar-refractivity contribution is 5.77. The van der Waals surface area contributed by atoms with Crippen molar-refractivity contribution in [1.82, 2.24) is 9.88 Å². The molecule has 2 N–H and O–H groups in total. The van der Waals surface area contributed by atoms with Crippen molar-refractivity contribution in [2.75, 3.05) is 6.54 Å². The molecule has 0 aromatic carbocycles. The number of carbonyl (C=O) groups is 1. The van der Waals surface area contributed by atoms with Gasteiger partial charge in [-0.15, -0.1) is 0 Å². The second kappa shape index (κ2) is 5.29. The van der Waals surface area contributed by atoms with Crippen molar-refractivity contribution in [3.63, 3.8) is 0 Å². The molecule has 1 aromatic rings. The fourth-order valence-electron chi connectivity index (χ4n) is 3.01. The smallest absolute Gasteiger partial charge is 0.224 e. The summed E-state index contributed by atoms with van der Waals surface area (Å²) < 4.78 is 0. The SMILES string of the molecule is NC(CC(=O)N1CCCC1c1ccncc1)C1CC1. The van der Waals surface area contributed by atoms with Gasteiger partial charge in [0.05, 0.1) is 6.04 Å². The third kappa shape index (κ3) is 2.78. The van der Waals surface area contributed by atoms with E-state index in [1.54, 1.807) is 12.4 Å². The van der Waals surface area contributed by atoms with Crippen molar-refractivity contribution >= 4 is 5.91 Å². The maximum Gasteiger partial charge on any atom is 0.224 e. The summed E-state index contributed by atoms with van der Waals surface area (Å²) in [4.78, 5) is 18.5. The Morgan fingerprint density at radius 3 is 2.79 bits per heavy atom. The zero-order valence-electron chi connectivity index (χ0n) is 11.2. The summed E-state index contributed by atoms with van der Waals surface area (Å²) in [6.45, 7) is 0.864. The van der Waals surface area contributed by atoms with E-state index < -0.39 is 0 Å². The Hall–Kier alpha value is -1.42. The highest BCUT2D eigenvalue weighted by Gasteiger charge is 2.34. The highest BCUT2D eigenvalue weighted by atomic mass is 16.2. The number of hydrogen-bond donors (Lipinski definition) is 1. The van der Waals surface area contributed by atoms with Crippen LogP contribution in [0.1, 0.15) is 43.7 Å². The molecule has 1 amide bonds. The van der Waals surface area contributed by atoms with Crippen LogP contribution in [-0.4, -0.2) is 28.4 Å². The topological polar surface area (TPSA) is 59.2 Å². The van der Waals surface area contributed by atoms with Crippen LogP contribution in [-0.2, 0) is 4.79 Å². The number of carbonyl (C=O) groups excluding carboxylic acids is 1. The van der Waals surface area contributed by atoms with Gasteiger partial charge in [-0.1, -0.05) is 0 Å². The van der Waals surface area contributed by atoms with Crippen LogP contribution in [0.4, 0.5) is 0 Å². The summed E-state index contributed by atoms with van der Waals surface area (Å²) in [6.07, 6.45) is 8.63. The fraction of sp³-hybridized carbons (Fsp3) is 0.600. The van der Waals surface area contributed by atoms with Crippen LogP contribution in [0.15, 0.2) is 24.5 Å². The molecule has 19 heavy (non-hydrogen) atoms. The van der Waals surface area contributed by atoms with Crippen molar-refractivity contribution in [1.29, 1.82) is 0 Å². The molecule has 4 heteroatoms. The second-order valence-corrected chi connectivity index (χ2v) is 5.73. The standard InChI is InChI=1S/C15H21N3O/c16-13(11-3-4-11)10-15(19)18-9-1-2-14(18)12-5-7-17-8-6-12/h5-8,11,13-14H,1-4,9-10,16H2. The van der Waals surface area contributed by atoms with Gasteiger partial charge in [-0.05, 0) is 49.3 Å². The van der Waals surface area contributed by atoms with Crippen molar-refractivity contribution in [3.8, 4) is 0 Å². The molecule has 3 rings (SSSR count). The van der Waals surface area contributed by atoms with E-state index in [-0.39, 0.29) is 18.0 Å². The molecule has 4 nitrogen and oxygen atoms in total. The van der Waals surface area contributed by atoms with Crippen LogP contribution in [0.3, 0.4) is 0 Å². The van der Waals surface area contributed by atoms with Crippen molar-refractivity contribution in [2.45, 2.75) is 44.2 Å². The van der Waals surface area contributed by atoms with Gasteiger partial charge in [-0.2, -0.15) is 0 Å². The minimum absolute atomic E-state index is 0.0613. The number of rotatable bonds is 4. The lowest BCUT2D eigenvalue weighted by molar-refractivity contribution is -0.132. The van der Waals surface area contributed by atoms with Crippen molar-refractivity contribution in [3.05, 3.63) is 30.1 Å². The molecule has 2 unspecified atom stereocenters. The van der Waals surface area contributed by atoms with Crippen LogP contribution >= 0.6 is 0 Å². The lowest BCUT2D eigenvalue weighted by Gasteiger charge is -2.26. The van der Waals surface area contributed by atoms with Crippen LogP contribution in [0.5, 0.6) is 0 Å². The summed E-state index contributed by atoms with van der Waals surface area (Å²) in [7, 11) is 0. The third-order valence-corrected chi connectivity index (χ3v) is 4.30. The van der Waals surface area contributed by atoms with E-state index in [9.17, 15) is 4.79 Å². The van der Waals surface area contributed by atoms with Crippen molar-refractivity contribution < 1.29 is 4.79 Å². The van der Waals surface area contributed by atoms with Gasteiger partial charge in [-0.3, -0.25) is 9.78 Å². The van der Waals surface area contributed by atoms with E-state index in [2.05, 4.69) is 4.98 Å². The van der Waals surface area contributed by atoms with E-state index in [4.69, 9.17) is 5.73 Å². The number of pyridine rings is 1. The molecule has 1 aliphatic heterocycles. The molecule has 0 bridgehead atoms. The molecular weight excluding hydrogens is 238 g/mol. The summed E-state index contributed by atoms with van der Waals surface area (Å²) >= 11 is 0. The molecule has 1 aliphatic carbocycles. The molecule has 2 atom stereocenters. The average molecular weight is 259 g/mol. The number of nitrogens with two attached hydrogens (primary N) is 1. The second-order valence-electron chi connectivity index (χ2n) is 5.73. The van der Waals surface area contributed by atoms with E-state index in [1.807, 2.05) is 17.0 Å². The Bertz CT molecular complexity index is 444. The van der Waals surface area contributed by atoms with Gasteiger partial charge in [0.1, 0.15) is 0 Å². The minimum atomic E-state index is 0.0613. The van der Waals surface area contributed by atoms with E-state index in [0.717, 1.165) is 19.4 Å². The number of hydrogen-bond acceptors (Lipinski definition) is 3. The monoisotopic (exact) mass is 259 g/mol. The fourth-order valence-corrected chi connectivity index (χ4v) is 3.01. The average Bonchev–Trinajstić information content (AvgIpc) is 3.17. The molecule has 0 radical (unpaired) electrons. The Balaban J connectivity index is 1.67. The molecule has 1 saturated heterocycles. The molecular formula is C15H21N3O. The van der Waals surface area contributed by atoms with Gasteiger partial charge in [0.25, 0.3) is 0 Å². The zero-order chi connectivity index (χ0) is 13.2. The first-order valence-electron chi connectivity index (χ1n) is 7.20. The molecule has 1 saturated carbocycles. The van der Waals surface area contributed by atoms with Gasteiger partial charge in [0.15, 0.2) is 0 Å². The summed E-state index contributed by atoms with van der Waals surface area (Å²) in [5, 5.41) is 0. The van der Waals surface area contributed by atoms with Gasteiger partial charge in [0, 0.05) is 31.4 Å². The number of amides is 1. The summed E-state index contributed by atoms with van der Waals surface area (Å²) in [5.41, 5.74) is 7.27. The molecule has 2 aliphatic rings.